The summed E-state index contributed by atoms with van der Waals surface area (Å²) in [5.41, 5.74) is 1.61. The number of carbonyl (C=O) groups is 1. The van der Waals surface area contributed by atoms with Gasteiger partial charge in [-0.15, -0.1) is 11.8 Å². The maximum atomic E-state index is 13.1. The Bertz CT molecular complexity index is 963. The standard InChI is InChI=1S/C21H26N2O4S2/c1-4-23(5-2)29(25,26)20-14-16(11-12-17(20)27-6-3)22-21(24)19-13-15-9-7-8-10-18(15)28-19/h7-12,14,19H,4-6,13H2,1-3H3,(H,22,24). The molecule has 0 saturated carbocycles. The Balaban J connectivity index is 1.85. The minimum absolute atomic E-state index is 0.0724. The molecular weight excluding hydrogens is 408 g/mol. The lowest BCUT2D eigenvalue weighted by molar-refractivity contribution is -0.115. The normalized spacial score (nSPS) is 15.9. The summed E-state index contributed by atoms with van der Waals surface area (Å²) in [6.07, 6.45) is 0.661. The Kier molecular flexibility index (Phi) is 6.87. The summed E-state index contributed by atoms with van der Waals surface area (Å²) in [6.45, 7) is 6.46. The molecule has 1 amide bonds. The topological polar surface area (TPSA) is 75.7 Å². The van der Waals surface area contributed by atoms with Gasteiger partial charge in [0.1, 0.15) is 10.6 Å². The van der Waals surface area contributed by atoms with E-state index in [1.54, 1.807) is 32.9 Å². The number of hydrogen-bond donors (Lipinski definition) is 1. The maximum absolute atomic E-state index is 13.1. The molecule has 1 unspecified atom stereocenters. The van der Waals surface area contributed by atoms with Crippen molar-refractivity contribution in [1.82, 2.24) is 4.31 Å². The first-order chi connectivity index (χ1) is 13.9. The first kappa shape index (κ1) is 21.7. The van der Waals surface area contributed by atoms with Crippen LogP contribution in [0.4, 0.5) is 5.69 Å². The fourth-order valence-electron chi connectivity index (χ4n) is 3.32. The Morgan fingerprint density at radius 3 is 2.55 bits per heavy atom. The molecule has 1 atom stereocenters. The van der Waals surface area contributed by atoms with E-state index in [1.807, 2.05) is 24.3 Å². The van der Waals surface area contributed by atoms with Crippen molar-refractivity contribution in [3.8, 4) is 5.75 Å². The molecule has 0 spiro atoms. The number of thioether (sulfide) groups is 1. The molecule has 8 heteroatoms. The van der Waals surface area contributed by atoms with Gasteiger partial charge >= 0.3 is 0 Å². The number of hydrogen-bond acceptors (Lipinski definition) is 5. The average Bonchev–Trinajstić information content (AvgIpc) is 3.14. The third-order valence-electron chi connectivity index (χ3n) is 4.77. The van der Waals surface area contributed by atoms with Crippen molar-refractivity contribution in [2.24, 2.45) is 0 Å². The van der Waals surface area contributed by atoms with Gasteiger partial charge in [-0.3, -0.25) is 4.79 Å². The summed E-state index contributed by atoms with van der Waals surface area (Å²) < 4.78 is 33.0. The summed E-state index contributed by atoms with van der Waals surface area (Å²) in [6, 6.07) is 12.7. The highest BCUT2D eigenvalue weighted by atomic mass is 32.2. The average molecular weight is 435 g/mol. The molecule has 0 fully saturated rings. The second kappa shape index (κ2) is 9.19. The van der Waals surface area contributed by atoms with Gasteiger partial charge in [0.2, 0.25) is 15.9 Å². The van der Waals surface area contributed by atoms with Gasteiger partial charge < -0.3 is 10.1 Å². The van der Waals surface area contributed by atoms with E-state index in [1.165, 1.54) is 22.1 Å². The summed E-state index contributed by atoms with van der Waals surface area (Å²) in [5, 5.41) is 2.64. The van der Waals surface area contributed by atoms with Crippen LogP contribution in [0.2, 0.25) is 0 Å². The van der Waals surface area contributed by atoms with Crippen LogP contribution in [0, 0.1) is 0 Å². The van der Waals surface area contributed by atoms with Gasteiger partial charge in [-0.25, -0.2) is 8.42 Å². The maximum Gasteiger partial charge on any atom is 0.246 e. The van der Waals surface area contributed by atoms with Crippen LogP contribution in [-0.2, 0) is 21.2 Å². The number of amides is 1. The molecule has 1 aliphatic rings. The monoisotopic (exact) mass is 434 g/mol. The third kappa shape index (κ3) is 4.60. The predicted octanol–water partition coefficient (Wildman–Crippen LogP) is 3.77. The number of nitrogens with one attached hydrogen (secondary N) is 1. The molecule has 1 N–H and O–H groups in total. The fourth-order valence-corrected chi connectivity index (χ4v) is 6.13. The van der Waals surface area contributed by atoms with Crippen LogP contribution in [0.1, 0.15) is 26.3 Å². The molecule has 6 nitrogen and oxygen atoms in total. The van der Waals surface area contributed by atoms with Gasteiger partial charge in [-0.2, -0.15) is 4.31 Å². The van der Waals surface area contributed by atoms with Crippen molar-refractivity contribution in [2.45, 2.75) is 42.2 Å². The molecule has 29 heavy (non-hydrogen) atoms. The lowest BCUT2D eigenvalue weighted by Gasteiger charge is -2.21. The van der Waals surface area contributed by atoms with Crippen molar-refractivity contribution in [3.05, 3.63) is 48.0 Å². The van der Waals surface area contributed by atoms with Crippen molar-refractivity contribution in [2.75, 3.05) is 25.0 Å². The number of rotatable bonds is 8. The lowest BCUT2D eigenvalue weighted by atomic mass is 10.1. The second-order valence-corrected chi connectivity index (χ2v) is 9.74. The quantitative estimate of drug-likeness (QED) is 0.684. The van der Waals surface area contributed by atoms with E-state index in [0.29, 0.717) is 37.6 Å². The molecule has 1 aliphatic heterocycles. The molecule has 156 valence electrons. The minimum atomic E-state index is -3.72. The van der Waals surface area contributed by atoms with Crippen molar-refractivity contribution < 1.29 is 17.9 Å². The number of carbonyl (C=O) groups excluding carboxylic acids is 1. The Labute approximate surface area is 176 Å². The molecule has 2 aromatic rings. The van der Waals surface area contributed by atoms with E-state index in [0.717, 1.165) is 10.5 Å². The Morgan fingerprint density at radius 1 is 1.17 bits per heavy atom. The predicted molar refractivity (Wildman–Crippen MR) is 116 cm³/mol. The molecular formula is C21H26N2O4S2. The summed E-state index contributed by atoms with van der Waals surface area (Å²) in [7, 11) is -3.72. The molecule has 3 rings (SSSR count). The van der Waals surface area contributed by atoms with E-state index < -0.39 is 10.0 Å². The smallest absolute Gasteiger partial charge is 0.246 e. The van der Waals surface area contributed by atoms with Crippen molar-refractivity contribution in [3.63, 3.8) is 0 Å². The lowest BCUT2D eigenvalue weighted by Crippen LogP contribution is -2.31. The first-order valence-electron chi connectivity index (χ1n) is 9.73. The van der Waals surface area contributed by atoms with Gasteiger partial charge in [0.05, 0.1) is 11.9 Å². The first-order valence-corrected chi connectivity index (χ1v) is 12.0. The van der Waals surface area contributed by atoms with Crippen LogP contribution >= 0.6 is 11.8 Å². The zero-order valence-electron chi connectivity index (χ0n) is 16.8. The Hall–Kier alpha value is -2.03. The number of nitrogens with zero attached hydrogens (tertiary/aromatic N) is 1. The van der Waals surface area contributed by atoms with Gasteiger partial charge in [0, 0.05) is 23.7 Å². The Morgan fingerprint density at radius 2 is 1.90 bits per heavy atom. The molecule has 0 aliphatic carbocycles. The van der Waals surface area contributed by atoms with Crippen LogP contribution in [0.5, 0.6) is 5.75 Å². The molecule has 0 aromatic heterocycles. The summed E-state index contributed by atoms with van der Waals surface area (Å²) >= 11 is 1.53. The largest absolute Gasteiger partial charge is 0.492 e. The van der Waals surface area contributed by atoms with E-state index >= 15 is 0 Å². The van der Waals surface area contributed by atoms with Crippen LogP contribution in [-0.4, -0.2) is 43.6 Å². The highest BCUT2D eigenvalue weighted by molar-refractivity contribution is 8.01. The van der Waals surface area contributed by atoms with Gasteiger partial charge in [-0.1, -0.05) is 32.0 Å². The van der Waals surface area contributed by atoms with Gasteiger partial charge in [0.15, 0.2) is 0 Å². The molecule has 0 saturated heterocycles. The number of benzene rings is 2. The summed E-state index contributed by atoms with van der Waals surface area (Å²) in [4.78, 5) is 14.0. The number of ether oxygens (including phenoxy) is 1. The minimum Gasteiger partial charge on any atom is -0.492 e. The third-order valence-corrected chi connectivity index (χ3v) is 8.16. The van der Waals surface area contributed by atoms with Crippen molar-refractivity contribution >= 4 is 33.4 Å². The highest BCUT2D eigenvalue weighted by Crippen LogP contribution is 2.37. The number of anilines is 1. The van der Waals surface area contributed by atoms with E-state index in [4.69, 9.17) is 4.74 Å². The van der Waals surface area contributed by atoms with E-state index in [-0.39, 0.29) is 16.1 Å². The van der Waals surface area contributed by atoms with Crippen molar-refractivity contribution in [1.29, 1.82) is 0 Å². The van der Waals surface area contributed by atoms with E-state index in [9.17, 15) is 13.2 Å². The van der Waals surface area contributed by atoms with Crippen LogP contribution in [0.15, 0.2) is 52.3 Å². The fraction of sp³-hybridized carbons (Fsp3) is 0.381. The SMILES string of the molecule is CCOc1ccc(NC(=O)C2Cc3ccccc3S2)cc1S(=O)(=O)N(CC)CC. The van der Waals surface area contributed by atoms with Crippen LogP contribution < -0.4 is 10.1 Å². The summed E-state index contributed by atoms with van der Waals surface area (Å²) in [5.74, 6) is 0.154. The zero-order chi connectivity index (χ0) is 21.0. The van der Waals surface area contributed by atoms with Gasteiger partial charge in [0.25, 0.3) is 0 Å². The second-order valence-electron chi connectivity index (χ2n) is 6.59. The molecule has 1 heterocycles. The van der Waals surface area contributed by atoms with Crippen LogP contribution in [0.3, 0.4) is 0 Å². The highest BCUT2D eigenvalue weighted by Gasteiger charge is 2.29. The molecule has 0 bridgehead atoms. The number of fused-ring (bicyclic) bond motifs is 1. The molecule has 0 radical (unpaired) electrons. The van der Waals surface area contributed by atoms with Crippen LogP contribution in [0.25, 0.3) is 0 Å². The van der Waals surface area contributed by atoms with E-state index in [2.05, 4.69) is 5.32 Å². The zero-order valence-corrected chi connectivity index (χ0v) is 18.5. The number of sulfonamides is 1. The van der Waals surface area contributed by atoms with Gasteiger partial charge in [-0.05, 0) is 43.2 Å². The molecule has 2 aromatic carbocycles.